The second-order valence-electron chi connectivity index (χ2n) is 2.26. The van der Waals surface area contributed by atoms with Gasteiger partial charge in [-0.2, -0.15) is 0 Å². The van der Waals surface area contributed by atoms with Gasteiger partial charge < -0.3 is 5.11 Å². The van der Waals surface area contributed by atoms with Crippen molar-refractivity contribution >= 4 is 17.1 Å². The lowest BCUT2D eigenvalue weighted by atomic mass is 10.3. The van der Waals surface area contributed by atoms with Crippen molar-refractivity contribution < 1.29 is 9.90 Å². The number of carbonyl (C=O) groups excluding carboxylic acids is 1. The standard InChI is InChI=1S/C9H8O2S/c1-3-4-7-5-8(11)9(12-7)6(2)10/h5,11H,1-2H3. The van der Waals surface area contributed by atoms with Crippen molar-refractivity contribution in [2.24, 2.45) is 0 Å². The smallest absolute Gasteiger partial charge is 0.173 e. The Bertz CT molecular complexity index is 366. The zero-order valence-corrected chi connectivity index (χ0v) is 7.66. The molecule has 12 heavy (non-hydrogen) atoms. The van der Waals surface area contributed by atoms with Crippen LogP contribution in [0.15, 0.2) is 6.07 Å². The van der Waals surface area contributed by atoms with Crippen LogP contribution in [0.1, 0.15) is 28.4 Å². The van der Waals surface area contributed by atoms with Gasteiger partial charge in [0, 0.05) is 13.0 Å². The van der Waals surface area contributed by atoms with Crippen molar-refractivity contribution in [1.82, 2.24) is 0 Å². The van der Waals surface area contributed by atoms with Gasteiger partial charge in [-0.15, -0.1) is 17.3 Å². The summed E-state index contributed by atoms with van der Waals surface area (Å²) in [6.07, 6.45) is 0. The van der Waals surface area contributed by atoms with Crippen LogP contribution in [0.2, 0.25) is 0 Å². The molecule has 1 aromatic rings. The number of aromatic hydroxyl groups is 1. The molecule has 0 saturated heterocycles. The van der Waals surface area contributed by atoms with Crippen LogP contribution in [0.4, 0.5) is 0 Å². The minimum atomic E-state index is -0.123. The molecule has 1 rings (SSSR count). The second-order valence-corrected chi connectivity index (χ2v) is 3.31. The van der Waals surface area contributed by atoms with E-state index in [0.717, 1.165) is 4.88 Å². The van der Waals surface area contributed by atoms with Crippen molar-refractivity contribution in [2.45, 2.75) is 13.8 Å². The molecule has 2 nitrogen and oxygen atoms in total. The summed E-state index contributed by atoms with van der Waals surface area (Å²) >= 11 is 1.22. The van der Waals surface area contributed by atoms with Crippen LogP contribution in [0, 0.1) is 11.8 Å². The van der Waals surface area contributed by atoms with Crippen LogP contribution < -0.4 is 0 Å². The highest BCUT2D eigenvalue weighted by Gasteiger charge is 2.10. The topological polar surface area (TPSA) is 37.3 Å². The molecule has 0 aliphatic heterocycles. The molecule has 0 fully saturated rings. The first-order valence-corrected chi connectivity index (χ1v) is 4.23. The highest BCUT2D eigenvalue weighted by molar-refractivity contribution is 7.15. The van der Waals surface area contributed by atoms with Crippen molar-refractivity contribution in [3.63, 3.8) is 0 Å². The molecule has 0 aliphatic carbocycles. The van der Waals surface area contributed by atoms with Crippen LogP contribution in [0.25, 0.3) is 0 Å². The molecular weight excluding hydrogens is 172 g/mol. The third kappa shape index (κ3) is 1.66. The van der Waals surface area contributed by atoms with E-state index in [1.165, 1.54) is 24.3 Å². The fourth-order valence-electron chi connectivity index (χ4n) is 0.818. The largest absolute Gasteiger partial charge is 0.506 e. The maximum Gasteiger partial charge on any atom is 0.173 e. The molecule has 1 heterocycles. The Hall–Kier alpha value is -1.27. The van der Waals surface area contributed by atoms with Gasteiger partial charge in [0.25, 0.3) is 0 Å². The van der Waals surface area contributed by atoms with Crippen LogP contribution >= 0.6 is 11.3 Å². The Balaban J connectivity index is 3.14. The number of rotatable bonds is 1. The molecule has 0 spiro atoms. The first-order valence-electron chi connectivity index (χ1n) is 3.41. The number of Topliss-reactive ketones (excluding diaryl/α,β-unsaturated/α-hetero) is 1. The maximum atomic E-state index is 10.9. The number of hydrogen-bond acceptors (Lipinski definition) is 3. The number of thiophene rings is 1. The lowest BCUT2D eigenvalue weighted by molar-refractivity contribution is 0.101. The van der Waals surface area contributed by atoms with E-state index >= 15 is 0 Å². The molecule has 0 saturated carbocycles. The van der Waals surface area contributed by atoms with Gasteiger partial charge in [0.15, 0.2) is 5.78 Å². The van der Waals surface area contributed by atoms with Gasteiger partial charge in [0.05, 0.1) is 4.88 Å². The minimum absolute atomic E-state index is 0.0326. The van der Waals surface area contributed by atoms with Crippen LogP contribution in [-0.4, -0.2) is 10.9 Å². The number of carbonyl (C=O) groups is 1. The summed E-state index contributed by atoms with van der Waals surface area (Å²) < 4.78 is 0. The molecular formula is C9H8O2S. The van der Waals surface area contributed by atoms with Gasteiger partial charge in [-0.25, -0.2) is 0 Å². The van der Waals surface area contributed by atoms with E-state index in [-0.39, 0.29) is 11.5 Å². The van der Waals surface area contributed by atoms with Crippen LogP contribution in [0.5, 0.6) is 5.75 Å². The third-order valence-corrected chi connectivity index (χ3v) is 2.42. The number of ketones is 1. The van der Waals surface area contributed by atoms with Gasteiger partial charge in [-0.1, -0.05) is 5.92 Å². The van der Waals surface area contributed by atoms with Crippen molar-refractivity contribution in [1.29, 1.82) is 0 Å². The second kappa shape index (κ2) is 3.42. The molecule has 0 radical (unpaired) electrons. The highest BCUT2D eigenvalue weighted by atomic mass is 32.1. The SMILES string of the molecule is CC#Cc1cc(O)c(C(C)=O)s1. The first-order chi connectivity index (χ1) is 5.65. The van der Waals surface area contributed by atoms with E-state index in [9.17, 15) is 9.90 Å². The average molecular weight is 180 g/mol. The van der Waals surface area contributed by atoms with Crippen LogP contribution in [0.3, 0.4) is 0 Å². The normalized spacial score (nSPS) is 8.83. The zero-order valence-electron chi connectivity index (χ0n) is 6.84. The molecule has 0 bridgehead atoms. The van der Waals surface area contributed by atoms with Gasteiger partial charge in [-0.05, 0) is 6.92 Å². The highest BCUT2D eigenvalue weighted by Crippen LogP contribution is 2.27. The van der Waals surface area contributed by atoms with Gasteiger partial charge in [0.2, 0.25) is 0 Å². The molecule has 1 aromatic heterocycles. The Morgan fingerprint density at radius 3 is 2.75 bits per heavy atom. The fourth-order valence-corrected chi connectivity index (χ4v) is 1.67. The maximum absolute atomic E-state index is 10.9. The molecule has 1 N–H and O–H groups in total. The minimum Gasteiger partial charge on any atom is -0.506 e. The van der Waals surface area contributed by atoms with E-state index in [0.29, 0.717) is 4.88 Å². The summed E-state index contributed by atoms with van der Waals surface area (Å²) in [6, 6.07) is 1.51. The zero-order chi connectivity index (χ0) is 9.14. The molecule has 0 aromatic carbocycles. The van der Waals surface area contributed by atoms with E-state index in [4.69, 9.17) is 0 Å². The summed E-state index contributed by atoms with van der Waals surface area (Å²) in [5.41, 5.74) is 0. The molecule has 0 unspecified atom stereocenters. The quantitative estimate of drug-likeness (QED) is 0.530. The predicted octanol–water partition coefficient (Wildman–Crippen LogP) is 2.03. The fraction of sp³-hybridized carbons (Fsp3) is 0.222. The van der Waals surface area contributed by atoms with Crippen LogP contribution in [-0.2, 0) is 0 Å². The summed E-state index contributed by atoms with van der Waals surface area (Å²) in [5, 5.41) is 9.25. The van der Waals surface area contributed by atoms with E-state index < -0.39 is 0 Å². The summed E-state index contributed by atoms with van der Waals surface area (Å²) in [5.74, 6) is 5.39. The molecule has 0 amide bonds. The van der Waals surface area contributed by atoms with E-state index in [2.05, 4.69) is 11.8 Å². The Kier molecular flexibility index (Phi) is 2.51. The van der Waals surface area contributed by atoms with E-state index in [1.54, 1.807) is 6.92 Å². The first kappa shape index (κ1) is 8.82. The van der Waals surface area contributed by atoms with Crippen molar-refractivity contribution in [3.05, 3.63) is 15.8 Å². The van der Waals surface area contributed by atoms with Gasteiger partial charge in [-0.3, -0.25) is 4.79 Å². The molecule has 0 atom stereocenters. The summed E-state index contributed by atoms with van der Waals surface area (Å²) in [7, 11) is 0. The molecule has 62 valence electrons. The Labute approximate surface area is 74.9 Å². The Morgan fingerprint density at radius 1 is 1.67 bits per heavy atom. The average Bonchev–Trinajstić information content (AvgIpc) is 2.32. The van der Waals surface area contributed by atoms with E-state index in [1.807, 2.05) is 0 Å². The van der Waals surface area contributed by atoms with Gasteiger partial charge >= 0.3 is 0 Å². The predicted molar refractivity (Wildman–Crippen MR) is 48.5 cm³/mol. The lowest BCUT2D eigenvalue weighted by Gasteiger charge is -1.86. The lowest BCUT2D eigenvalue weighted by Crippen LogP contribution is -1.85. The molecule has 0 aliphatic rings. The monoisotopic (exact) mass is 180 g/mol. The molecule has 3 heteroatoms. The van der Waals surface area contributed by atoms with Crippen molar-refractivity contribution in [3.8, 4) is 17.6 Å². The Morgan fingerprint density at radius 2 is 2.33 bits per heavy atom. The summed E-state index contributed by atoms with van der Waals surface area (Å²) in [4.78, 5) is 12.0. The van der Waals surface area contributed by atoms with Gasteiger partial charge in [0.1, 0.15) is 10.6 Å². The summed E-state index contributed by atoms with van der Waals surface area (Å²) in [6.45, 7) is 3.14. The number of hydrogen-bond donors (Lipinski definition) is 1. The third-order valence-electron chi connectivity index (χ3n) is 1.28. The van der Waals surface area contributed by atoms with Crippen molar-refractivity contribution in [2.75, 3.05) is 0 Å².